The Bertz CT molecular complexity index is 1710. The first-order valence-corrected chi connectivity index (χ1v) is 13.3. The zero-order valence-corrected chi connectivity index (χ0v) is 23.0. The molecule has 5 aromatic rings. The van der Waals surface area contributed by atoms with E-state index in [1.165, 1.54) is 12.1 Å². The van der Waals surface area contributed by atoms with Gasteiger partial charge in [-0.1, -0.05) is 65.7 Å². The van der Waals surface area contributed by atoms with Crippen LogP contribution in [0, 0.1) is 0 Å². The van der Waals surface area contributed by atoms with Gasteiger partial charge in [0.15, 0.2) is 0 Å². The first kappa shape index (κ1) is 27.1. The smallest absolute Gasteiger partial charge is 0.335 e. The summed E-state index contributed by atoms with van der Waals surface area (Å²) in [7, 11) is 0. The summed E-state index contributed by atoms with van der Waals surface area (Å²) in [5.74, 6) is 0.802. The fourth-order valence-corrected chi connectivity index (χ4v) is 4.72. The SMILES string of the molecule is CCn1cc(-c2ccc(Cl)cc2Cl)nc1/C=C/c1ccc(-c2ccc(Oc3ccc(C(=O)O)cc3N)cc2)cc1. The number of nitrogen functional groups attached to an aromatic ring is 1. The summed E-state index contributed by atoms with van der Waals surface area (Å²) in [6, 6.07) is 25.7. The number of nitrogens with two attached hydrogens (primary N) is 1. The van der Waals surface area contributed by atoms with Crippen molar-refractivity contribution in [3.8, 4) is 33.9 Å². The van der Waals surface area contributed by atoms with Gasteiger partial charge in [-0.05, 0) is 78.2 Å². The number of carbonyl (C=O) groups is 1. The molecule has 0 saturated carbocycles. The molecule has 3 N–H and O–H groups in total. The minimum absolute atomic E-state index is 0.113. The Balaban J connectivity index is 1.28. The van der Waals surface area contributed by atoms with Crippen LogP contribution in [0.4, 0.5) is 5.69 Å². The highest BCUT2D eigenvalue weighted by Gasteiger charge is 2.11. The Morgan fingerprint density at radius 2 is 1.65 bits per heavy atom. The molecular formula is C32H25Cl2N3O3. The molecule has 40 heavy (non-hydrogen) atoms. The number of aromatic carboxylic acids is 1. The molecule has 0 amide bonds. The van der Waals surface area contributed by atoms with Crippen LogP contribution >= 0.6 is 23.2 Å². The molecule has 0 fully saturated rings. The van der Waals surface area contributed by atoms with Crippen molar-refractivity contribution >= 4 is 47.0 Å². The van der Waals surface area contributed by atoms with E-state index in [0.29, 0.717) is 21.5 Å². The lowest BCUT2D eigenvalue weighted by Gasteiger charge is -2.10. The first-order valence-electron chi connectivity index (χ1n) is 12.5. The van der Waals surface area contributed by atoms with E-state index in [2.05, 4.69) is 35.8 Å². The van der Waals surface area contributed by atoms with Crippen molar-refractivity contribution in [3.63, 3.8) is 0 Å². The zero-order valence-electron chi connectivity index (χ0n) is 21.5. The number of hydrogen-bond acceptors (Lipinski definition) is 4. The highest BCUT2D eigenvalue weighted by molar-refractivity contribution is 6.36. The molecule has 0 radical (unpaired) electrons. The Morgan fingerprint density at radius 3 is 2.27 bits per heavy atom. The monoisotopic (exact) mass is 569 g/mol. The first-order chi connectivity index (χ1) is 19.3. The summed E-state index contributed by atoms with van der Waals surface area (Å²) in [5, 5.41) is 10.2. The number of aryl methyl sites for hydroxylation is 1. The number of aromatic nitrogens is 2. The van der Waals surface area contributed by atoms with Crippen LogP contribution in [0.2, 0.25) is 10.0 Å². The van der Waals surface area contributed by atoms with Crippen LogP contribution in [0.1, 0.15) is 28.7 Å². The molecule has 0 aliphatic carbocycles. The summed E-state index contributed by atoms with van der Waals surface area (Å²) in [5.41, 5.74) is 11.1. The summed E-state index contributed by atoms with van der Waals surface area (Å²) < 4.78 is 7.91. The lowest BCUT2D eigenvalue weighted by Crippen LogP contribution is -1.99. The van der Waals surface area contributed by atoms with Gasteiger partial charge < -0.3 is 20.1 Å². The molecule has 0 bridgehead atoms. The molecular weight excluding hydrogens is 545 g/mol. The number of carboxylic acids is 1. The van der Waals surface area contributed by atoms with Gasteiger partial charge in [0, 0.05) is 23.3 Å². The molecule has 1 aromatic heterocycles. The van der Waals surface area contributed by atoms with E-state index in [1.54, 1.807) is 12.1 Å². The number of rotatable bonds is 8. The van der Waals surface area contributed by atoms with Crippen molar-refractivity contribution in [3.05, 3.63) is 118 Å². The molecule has 1 heterocycles. The fourth-order valence-electron chi connectivity index (χ4n) is 4.22. The Hall–Kier alpha value is -4.52. The minimum Gasteiger partial charge on any atom is -0.478 e. The second-order valence-corrected chi connectivity index (χ2v) is 9.88. The average molecular weight is 570 g/mol. The Labute approximate surface area is 241 Å². The number of carboxylic acid groups (broad SMARTS) is 1. The van der Waals surface area contributed by atoms with E-state index >= 15 is 0 Å². The van der Waals surface area contributed by atoms with Crippen molar-refractivity contribution in [1.82, 2.24) is 9.55 Å². The lowest BCUT2D eigenvalue weighted by molar-refractivity contribution is 0.0697. The predicted octanol–water partition coefficient (Wildman–Crippen LogP) is 8.79. The van der Waals surface area contributed by atoms with Gasteiger partial charge in [0.05, 0.1) is 22.0 Å². The van der Waals surface area contributed by atoms with E-state index < -0.39 is 5.97 Å². The quantitative estimate of drug-likeness (QED) is 0.182. The van der Waals surface area contributed by atoms with Crippen LogP contribution in [0.15, 0.2) is 91.1 Å². The molecule has 0 unspecified atom stereocenters. The van der Waals surface area contributed by atoms with E-state index in [4.69, 9.17) is 43.8 Å². The standard InChI is InChI=1S/C32H25Cl2N3O3/c1-2-37-19-29(26-14-11-24(33)18-27(26)34)36-31(37)16-5-20-3-6-21(7-4-20)22-8-12-25(13-9-22)40-30-15-10-23(32(38)39)17-28(30)35/h3-19H,2,35H2,1H3,(H,38,39)/b16-5+. The van der Waals surface area contributed by atoms with Gasteiger partial charge in [-0.15, -0.1) is 0 Å². The maximum absolute atomic E-state index is 11.1. The molecule has 4 aromatic carbocycles. The molecule has 200 valence electrons. The summed E-state index contributed by atoms with van der Waals surface area (Å²) >= 11 is 12.4. The maximum atomic E-state index is 11.1. The number of imidazole rings is 1. The molecule has 5 rings (SSSR count). The van der Waals surface area contributed by atoms with Crippen molar-refractivity contribution in [2.24, 2.45) is 0 Å². The van der Waals surface area contributed by atoms with E-state index in [9.17, 15) is 4.79 Å². The van der Waals surface area contributed by atoms with Gasteiger partial charge >= 0.3 is 5.97 Å². The van der Waals surface area contributed by atoms with Crippen LogP contribution in [0.3, 0.4) is 0 Å². The van der Waals surface area contributed by atoms with Crippen LogP contribution < -0.4 is 10.5 Å². The third-order valence-electron chi connectivity index (χ3n) is 6.36. The van der Waals surface area contributed by atoms with Crippen molar-refractivity contribution in [1.29, 1.82) is 0 Å². The third-order valence-corrected chi connectivity index (χ3v) is 6.91. The number of hydrogen-bond donors (Lipinski definition) is 2. The van der Waals surface area contributed by atoms with Crippen molar-refractivity contribution in [2.75, 3.05) is 5.73 Å². The highest BCUT2D eigenvalue weighted by Crippen LogP contribution is 2.32. The van der Waals surface area contributed by atoms with Crippen molar-refractivity contribution in [2.45, 2.75) is 13.5 Å². The predicted molar refractivity (Wildman–Crippen MR) is 162 cm³/mol. The van der Waals surface area contributed by atoms with Gasteiger partial charge in [0.25, 0.3) is 0 Å². The zero-order chi connectivity index (χ0) is 28.2. The number of nitrogens with zero attached hydrogens (tertiary/aromatic N) is 2. The summed E-state index contributed by atoms with van der Waals surface area (Å²) in [4.78, 5) is 15.9. The van der Waals surface area contributed by atoms with Crippen molar-refractivity contribution < 1.29 is 14.6 Å². The summed E-state index contributed by atoms with van der Waals surface area (Å²) in [6.07, 6.45) is 6.01. The van der Waals surface area contributed by atoms with E-state index in [0.717, 1.165) is 40.3 Å². The molecule has 0 spiro atoms. The van der Waals surface area contributed by atoms with E-state index in [-0.39, 0.29) is 11.3 Å². The lowest BCUT2D eigenvalue weighted by atomic mass is 10.0. The van der Waals surface area contributed by atoms with Gasteiger partial charge in [0.1, 0.15) is 17.3 Å². The normalized spacial score (nSPS) is 11.2. The van der Waals surface area contributed by atoms with Gasteiger partial charge in [-0.25, -0.2) is 9.78 Å². The number of anilines is 1. The second-order valence-electron chi connectivity index (χ2n) is 9.03. The van der Waals surface area contributed by atoms with Gasteiger partial charge in [0.2, 0.25) is 0 Å². The van der Waals surface area contributed by atoms with Crippen LogP contribution in [0.5, 0.6) is 11.5 Å². The third kappa shape index (κ3) is 6.04. The topological polar surface area (TPSA) is 90.4 Å². The molecule has 0 atom stereocenters. The number of halogens is 2. The molecule has 8 heteroatoms. The number of benzene rings is 4. The molecule has 0 saturated heterocycles. The average Bonchev–Trinajstić information content (AvgIpc) is 3.36. The molecule has 0 aliphatic heterocycles. The van der Waals surface area contributed by atoms with Crippen LogP contribution in [-0.2, 0) is 6.54 Å². The second kappa shape index (κ2) is 11.7. The minimum atomic E-state index is -1.04. The summed E-state index contributed by atoms with van der Waals surface area (Å²) in [6.45, 7) is 2.85. The molecule has 6 nitrogen and oxygen atoms in total. The largest absolute Gasteiger partial charge is 0.478 e. The highest BCUT2D eigenvalue weighted by atomic mass is 35.5. The Morgan fingerprint density at radius 1 is 0.950 bits per heavy atom. The van der Waals surface area contributed by atoms with Crippen LogP contribution in [0.25, 0.3) is 34.5 Å². The fraction of sp³-hybridized carbons (Fsp3) is 0.0625. The van der Waals surface area contributed by atoms with Gasteiger partial charge in [-0.2, -0.15) is 0 Å². The van der Waals surface area contributed by atoms with E-state index in [1.807, 2.05) is 54.7 Å². The Kier molecular flexibility index (Phi) is 7.91. The maximum Gasteiger partial charge on any atom is 0.335 e. The number of ether oxygens (including phenoxy) is 1. The van der Waals surface area contributed by atoms with Gasteiger partial charge in [-0.3, -0.25) is 0 Å². The molecule has 0 aliphatic rings. The van der Waals surface area contributed by atoms with Crippen LogP contribution in [-0.4, -0.2) is 20.6 Å².